The summed E-state index contributed by atoms with van der Waals surface area (Å²) in [5.41, 5.74) is 1.33. The molecule has 1 fully saturated rings. The van der Waals surface area contributed by atoms with Crippen LogP contribution in [0.15, 0.2) is 30.3 Å². The van der Waals surface area contributed by atoms with E-state index in [1.807, 2.05) is 6.07 Å². The summed E-state index contributed by atoms with van der Waals surface area (Å²) in [5, 5.41) is 9.63. The van der Waals surface area contributed by atoms with Gasteiger partial charge in [-0.05, 0) is 25.3 Å². The molecule has 82 valence electrons. The summed E-state index contributed by atoms with van der Waals surface area (Å²) in [6, 6.07) is 11.1. The molecule has 1 aliphatic heterocycles. The van der Waals surface area contributed by atoms with Crippen molar-refractivity contribution >= 4 is 0 Å². The van der Waals surface area contributed by atoms with E-state index in [0.29, 0.717) is 6.04 Å². The molecule has 1 saturated heterocycles. The molecule has 0 bridgehead atoms. The largest absolute Gasteiger partial charge is 0.392 e. The summed E-state index contributed by atoms with van der Waals surface area (Å²) in [7, 11) is 0. The maximum absolute atomic E-state index is 9.63. The molecule has 2 nitrogen and oxygen atoms in total. The molecular formula is C13H19NO. The molecule has 1 aromatic rings. The van der Waals surface area contributed by atoms with Crippen molar-refractivity contribution in [3.8, 4) is 0 Å². The van der Waals surface area contributed by atoms with Crippen molar-refractivity contribution in [2.24, 2.45) is 0 Å². The number of β-amino-alcohol motifs (C(OH)–C–C–N with tert-alkyl or cyclic N) is 1. The predicted molar refractivity (Wildman–Crippen MR) is 61.6 cm³/mol. The Bertz CT molecular complexity index is 299. The molecule has 2 heteroatoms. The number of hydrogen-bond acceptors (Lipinski definition) is 2. The Morgan fingerprint density at radius 3 is 2.73 bits per heavy atom. The van der Waals surface area contributed by atoms with E-state index in [-0.39, 0.29) is 6.10 Å². The van der Waals surface area contributed by atoms with Crippen LogP contribution in [0.4, 0.5) is 0 Å². The molecule has 0 radical (unpaired) electrons. The number of benzene rings is 1. The summed E-state index contributed by atoms with van der Waals surface area (Å²) in [6.07, 6.45) is 1.92. The van der Waals surface area contributed by atoms with Crippen molar-refractivity contribution in [3.05, 3.63) is 35.9 Å². The lowest BCUT2D eigenvalue weighted by molar-refractivity contribution is 0.0365. The Hall–Kier alpha value is -0.860. The van der Waals surface area contributed by atoms with Gasteiger partial charge in [-0.25, -0.2) is 0 Å². The molecule has 15 heavy (non-hydrogen) atoms. The molecule has 0 spiro atoms. The van der Waals surface area contributed by atoms with E-state index < -0.39 is 0 Å². The van der Waals surface area contributed by atoms with Gasteiger partial charge in [-0.2, -0.15) is 0 Å². The number of aliphatic hydroxyl groups excluding tert-OH is 1. The standard InChI is InChI=1S/C13H19NO/c1-11-7-8-13(15)10-14(11)9-12-5-3-2-4-6-12/h2-6,11,13,15H,7-10H2,1H3/t11-,13-/m1/s1. The van der Waals surface area contributed by atoms with E-state index in [9.17, 15) is 5.11 Å². The number of rotatable bonds is 2. The molecule has 0 aromatic heterocycles. The molecule has 0 saturated carbocycles. The van der Waals surface area contributed by atoms with Crippen LogP contribution in [0.3, 0.4) is 0 Å². The van der Waals surface area contributed by atoms with Gasteiger partial charge < -0.3 is 5.11 Å². The second-order valence-electron chi connectivity index (χ2n) is 4.50. The van der Waals surface area contributed by atoms with E-state index >= 15 is 0 Å². The second kappa shape index (κ2) is 4.77. The Morgan fingerprint density at radius 2 is 2.00 bits per heavy atom. The van der Waals surface area contributed by atoms with Gasteiger partial charge in [0.2, 0.25) is 0 Å². The number of aliphatic hydroxyl groups is 1. The first-order valence-corrected chi connectivity index (χ1v) is 5.72. The average Bonchev–Trinajstić information content (AvgIpc) is 2.25. The molecule has 0 amide bonds. The van der Waals surface area contributed by atoms with Crippen LogP contribution >= 0.6 is 0 Å². The molecule has 2 atom stereocenters. The zero-order valence-electron chi connectivity index (χ0n) is 9.26. The fourth-order valence-corrected chi connectivity index (χ4v) is 2.20. The number of hydrogen-bond donors (Lipinski definition) is 1. The molecular weight excluding hydrogens is 186 g/mol. The fraction of sp³-hybridized carbons (Fsp3) is 0.538. The molecule has 2 rings (SSSR count). The van der Waals surface area contributed by atoms with Gasteiger partial charge >= 0.3 is 0 Å². The lowest BCUT2D eigenvalue weighted by Crippen LogP contribution is -2.43. The Morgan fingerprint density at radius 1 is 1.27 bits per heavy atom. The van der Waals surface area contributed by atoms with E-state index in [1.165, 1.54) is 5.56 Å². The molecule has 1 aromatic carbocycles. The van der Waals surface area contributed by atoms with Crippen LogP contribution in [0.25, 0.3) is 0 Å². The highest BCUT2D eigenvalue weighted by Crippen LogP contribution is 2.19. The van der Waals surface area contributed by atoms with Gasteiger partial charge in [-0.15, -0.1) is 0 Å². The highest BCUT2D eigenvalue weighted by molar-refractivity contribution is 5.14. The Labute approximate surface area is 91.5 Å². The van der Waals surface area contributed by atoms with Crippen LogP contribution in [-0.2, 0) is 6.54 Å². The summed E-state index contributed by atoms with van der Waals surface area (Å²) in [4.78, 5) is 2.36. The summed E-state index contributed by atoms with van der Waals surface area (Å²) >= 11 is 0. The summed E-state index contributed by atoms with van der Waals surface area (Å²) < 4.78 is 0. The quantitative estimate of drug-likeness (QED) is 0.798. The van der Waals surface area contributed by atoms with Crippen molar-refractivity contribution < 1.29 is 5.11 Å². The minimum Gasteiger partial charge on any atom is -0.392 e. The van der Waals surface area contributed by atoms with Crippen LogP contribution in [0.2, 0.25) is 0 Å². The summed E-state index contributed by atoms with van der Waals surface area (Å²) in [6.45, 7) is 4.02. The number of nitrogens with zero attached hydrogens (tertiary/aromatic N) is 1. The van der Waals surface area contributed by atoms with E-state index in [1.54, 1.807) is 0 Å². The maximum atomic E-state index is 9.63. The van der Waals surface area contributed by atoms with Crippen LogP contribution < -0.4 is 0 Å². The lowest BCUT2D eigenvalue weighted by atomic mass is 10.0. The molecule has 1 N–H and O–H groups in total. The normalized spacial score (nSPS) is 27.9. The average molecular weight is 205 g/mol. The highest BCUT2D eigenvalue weighted by Gasteiger charge is 2.23. The van der Waals surface area contributed by atoms with E-state index in [0.717, 1.165) is 25.9 Å². The SMILES string of the molecule is C[C@@H]1CC[C@@H](O)CN1Cc1ccccc1. The third-order valence-corrected chi connectivity index (χ3v) is 3.21. The molecule has 0 unspecified atom stereocenters. The van der Waals surface area contributed by atoms with Crippen molar-refractivity contribution in [2.75, 3.05) is 6.54 Å². The minimum absolute atomic E-state index is 0.134. The first-order chi connectivity index (χ1) is 7.25. The third kappa shape index (κ3) is 2.80. The smallest absolute Gasteiger partial charge is 0.0668 e. The predicted octanol–water partition coefficient (Wildman–Crippen LogP) is 2.03. The summed E-state index contributed by atoms with van der Waals surface area (Å²) in [5.74, 6) is 0. The van der Waals surface area contributed by atoms with E-state index in [2.05, 4.69) is 36.1 Å². The number of likely N-dealkylation sites (tertiary alicyclic amines) is 1. The molecule has 1 heterocycles. The van der Waals surface area contributed by atoms with Gasteiger partial charge in [-0.1, -0.05) is 30.3 Å². The zero-order valence-corrected chi connectivity index (χ0v) is 9.26. The van der Waals surface area contributed by atoms with Gasteiger partial charge in [0.25, 0.3) is 0 Å². The maximum Gasteiger partial charge on any atom is 0.0668 e. The number of piperidine rings is 1. The molecule has 1 aliphatic rings. The van der Waals surface area contributed by atoms with Crippen molar-refractivity contribution in [1.29, 1.82) is 0 Å². The van der Waals surface area contributed by atoms with Gasteiger partial charge in [-0.3, -0.25) is 4.90 Å². The first-order valence-electron chi connectivity index (χ1n) is 5.72. The monoisotopic (exact) mass is 205 g/mol. The van der Waals surface area contributed by atoms with Crippen molar-refractivity contribution in [3.63, 3.8) is 0 Å². The van der Waals surface area contributed by atoms with Crippen LogP contribution in [0.5, 0.6) is 0 Å². The first kappa shape index (κ1) is 10.7. The van der Waals surface area contributed by atoms with Gasteiger partial charge in [0.15, 0.2) is 0 Å². The lowest BCUT2D eigenvalue weighted by Gasteiger charge is -2.36. The van der Waals surface area contributed by atoms with Crippen molar-refractivity contribution in [1.82, 2.24) is 4.90 Å². The van der Waals surface area contributed by atoms with Gasteiger partial charge in [0, 0.05) is 19.1 Å². The van der Waals surface area contributed by atoms with Crippen LogP contribution in [-0.4, -0.2) is 28.7 Å². The van der Waals surface area contributed by atoms with Gasteiger partial charge in [0.1, 0.15) is 0 Å². The Kier molecular flexibility index (Phi) is 3.39. The zero-order chi connectivity index (χ0) is 10.7. The highest BCUT2D eigenvalue weighted by atomic mass is 16.3. The molecule has 0 aliphatic carbocycles. The van der Waals surface area contributed by atoms with Crippen LogP contribution in [0.1, 0.15) is 25.3 Å². The van der Waals surface area contributed by atoms with E-state index in [4.69, 9.17) is 0 Å². The Balaban J connectivity index is 1.98. The van der Waals surface area contributed by atoms with Gasteiger partial charge in [0.05, 0.1) is 6.10 Å². The third-order valence-electron chi connectivity index (χ3n) is 3.21. The van der Waals surface area contributed by atoms with Crippen molar-refractivity contribution in [2.45, 2.75) is 38.5 Å². The van der Waals surface area contributed by atoms with Crippen LogP contribution in [0, 0.1) is 0 Å². The fourth-order valence-electron chi connectivity index (χ4n) is 2.20. The second-order valence-corrected chi connectivity index (χ2v) is 4.50. The topological polar surface area (TPSA) is 23.5 Å². The minimum atomic E-state index is -0.134.